The lowest BCUT2D eigenvalue weighted by Gasteiger charge is -2.13. The fourth-order valence-electron chi connectivity index (χ4n) is 3.27. The van der Waals surface area contributed by atoms with Gasteiger partial charge in [-0.15, -0.1) is 0 Å². The van der Waals surface area contributed by atoms with E-state index in [2.05, 4.69) is 15.3 Å². The van der Waals surface area contributed by atoms with Crippen LogP contribution in [0.5, 0.6) is 0 Å². The lowest BCUT2D eigenvalue weighted by molar-refractivity contribution is -0.113. The molecular formula is C24H22N4O2S. The molecule has 0 spiro atoms. The molecule has 0 saturated heterocycles. The Bertz CT molecular complexity index is 1300. The van der Waals surface area contributed by atoms with Crippen molar-refractivity contribution in [3.8, 4) is 5.82 Å². The number of nitrogens with one attached hydrogen (secondary N) is 1. The fourth-order valence-corrected chi connectivity index (χ4v) is 4.07. The van der Waals surface area contributed by atoms with Crippen LogP contribution in [0.15, 0.2) is 76.8 Å². The van der Waals surface area contributed by atoms with Crippen LogP contribution in [-0.4, -0.2) is 26.2 Å². The highest BCUT2D eigenvalue weighted by atomic mass is 32.2. The number of para-hydroxylation sites is 2. The van der Waals surface area contributed by atoms with Gasteiger partial charge < -0.3 is 5.32 Å². The SMILES string of the molecule is CCc1ccccc1NC(=O)CSc1nc2ccccc2c(=O)n1-c1ccc(C)cn1. The Labute approximate surface area is 184 Å². The molecule has 6 nitrogen and oxygen atoms in total. The number of benzene rings is 2. The van der Waals surface area contributed by atoms with Gasteiger partial charge in [-0.2, -0.15) is 0 Å². The Morgan fingerprint density at radius 3 is 2.61 bits per heavy atom. The first-order valence-corrected chi connectivity index (χ1v) is 11.0. The number of pyridine rings is 1. The zero-order valence-electron chi connectivity index (χ0n) is 17.3. The van der Waals surface area contributed by atoms with E-state index in [4.69, 9.17) is 0 Å². The molecule has 0 bridgehead atoms. The Balaban J connectivity index is 1.66. The third-order valence-electron chi connectivity index (χ3n) is 4.87. The van der Waals surface area contributed by atoms with Crippen LogP contribution < -0.4 is 10.9 Å². The average Bonchev–Trinajstić information content (AvgIpc) is 2.79. The quantitative estimate of drug-likeness (QED) is 0.363. The zero-order chi connectivity index (χ0) is 21.8. The predicted octanol–water partition coefficient (Wildman–Crippen LogP) is 4.38. The number of hydrogen-bond acceptors (Lipinski definition) is 5. The number of aromatic nitrogens is 3. The molecule has 0 aliphatic rings. The number of aryl methyl sites for hydroxylation is 2. The van der Waals surface area contributed by atoms with E-state index in [1.807, 2.05) is 56.3 Å². The predicted molar refractivity (Wildman–Crippen MR) is 125 cm³/mol. The molecule has 4 aromatic rings. The highest BCUT2D eigenvalue weighted by molar-refractivity contribution is 7.99. The lowest BCUT2D eigenvalue weighted by Crippen LogP contribution is -2.23. The molecule has 31 heavy (non-hydrogen) atoms. The van der Waals surface area contributed by atoms with E-state index in [1.165, 1.54) is 16.3 Å². The minimum atomic E-state index is -0.207. The van der Waals surface area contributed by atoms with Crippen LogP contribution in [-0.2, 0) is 11.2 Å². The maximum atomic E-state index is 13.2. The topological polar surface area (TPSA) is 76.9 Å². The maximum absolute atomic E-state index is 13.2. The largest absolute Gasteiger partial charge is 0.325 e. The molecule has 1 N–H and O–H groups in total. The zero-order valence-corrected chi connectivity index (χ0v) is 18.1. The van der Waals surface area contributed by atoms with Gasteiger partial charge in [0.05, 0.1) is 16.7 Å². The number of rotatable bonds is 6. The van der Waals surface area contributed by atoms with Gasteiger partial charge in [-0.05, 0) is 48.7 Å². The van der Waals surface area contributed by atoms with Crippen LogP contribution in [0.25, 0.3) is 16.7 Å². The van der Waals surface area contributed by atoms with Gasteiger partial charge in [0.15, 0.2) is 5.16 Å². The van der Waals surface area contributed by atoms with E-state index in [0.29, 0.717) is 21.9 Å². The fraction of sp³-hybridized carbons (Fsp3) is 0.167. The van der Waals surface area contributed by atoms with Crippen molar-refractivity contribution in [2.24, 2.45) is 0 Å². The number of nitrogens with zero attached hydrogens (tertiary/aromatic N) is 3. The molecule has 0 aliphatic heterocycles. The molecule has 7 heteroatoms. The molecule has 2 aromatic carbocycles. The standard InChI is InChI=1S/C24H22N4O2S/c1-3-17-8-4-6-10-19(17)26-22(29)15-31-24-27-20-11-7-5-9-18(20)23(30)28(24)21-13-12-16(2)14-25-21/h4-14H,3,15H2,1-2H3,(H,26,29). The number of amides is 1. The van der Waals surface area contributed by atoms with E-state index in [9.17, 15) is 9.59 Å². The van der Waals surface area contributed by atoms with E-state index in [1.54, 1.807) is 24.4 Å². The van der Waals surface area contributed by atoms with Crippen LogP contribution in [0, 0.1) is 6.92 Å². The number of carbonyl (C=O) groups excluding carboxylic acids is 1. The van der Waals surface area contributed by atoms with Crippen molar-refractivity contribution < 1.29 is 4.79 Å². The number of thioether (sulfide) groups is 1. The number of anilines is 1. The van der Waals surface area contributed by atoms with Crippen molar-refractivity contribution in [1.29, 1.82) is 0 Å². The summed E-state index contributed by atoms with van der Waals surface area (Å²) in [6.45, 7) is 3.98. The van der Waals surface area contributed by atoms with Crippen LogP contribution in [0.3, 0.4) is 0 Å². The third kappa shape index (κ3) is 4.51. The average molecular weight is 431 g/mol. The van der Waals surface area contributed by atoms with E-state index in [0.717, 1.165) is 23.2 Å². The first-order chi connectivity index (χ1) is 15.1. The van der Waals surface area contributed by atoms with Crippen molar-refractivity contribution in [3.63, 3.8) is 0 Å². The highest BCUT2D eigenvalue weighted by Gasteiger charge is 2.16. The van der Waals surface area contributed by atoms with E-state index >= 15 is 0 Å². The second-order valence-electron chi connectivity index (χ2n) is 7.09. The number of fused-ring (bicyclic) bond motifs is 1. The van der Waals surface area contributed by atoms with Crippen molar-refractivity contribution in [1.82, 2.24) is 14.5 Å². The second-order valence-corrected chi connectivity index (χ2v) is 8.04. The van der Waals surface area contributed by atoms with Gasteiger partial charge in [-0.3, -0.25) is 9.59 Å². The summed E-state index contributed by atoms with van der Waals surface area (Å²) in [5, 5.41) is 3.90. The Morgan fingerprint density at radius 1 is 1.06 bits per heavy atom. The molecule has 1 amide bonds. The molecule has 4 rings (SSSR count). The molecule has 0 aliphatic carbocycles. The first kappa shape index (κ1) is 20.8. The summed E-state index contributed by atoms with van der Waals surface area (Å²) in [6.07, 6.45) is 2.54. The molecule has 0 atom stereocenters. The molecular weight excluding hydrogens is 408 g/mol. The van der Waals surface area contributed by atoms with Crippen molar-refractivity contribution in [2.45, 2.75) is 25.4 Å². The normalized spacial score (nSPS) is 10.9. The van der Waals surface area contributed by atoms with E-state index < -0.39 is 0 Å². The highest BCUT2D eigenvalue weighted by Crippen LogP contribution is 2.22. The number of hydrogen-bond donors (Lipinski definition) is 1. The van der Waals surface area contributed by atoms with Gasteiger partial charge in [0.25, 0.3) is 5.56 Å². The summed E-state index contributed by atoms with van der Waals surface area (Å²) in [4.78, 5) is 34.9. The van der Waals surface area contributed by atoms with Gasteiger partial charge in [-0.1, -0.05) is 55.1 Å². The minimum absolute atomic E-state index is 0.120. The molecule has 156 valence electrons. The summed E-state index contributed by atoms with van der Waals surface area (Å²) >= 11 is 1.22. The first-order valence-electron chi connectivity index (χ1n) is 10.0. The molecule has 0 saturated carbocycles. The van der Waals surface area contributed by atoms with Crippen LogP contribution >= 0.6 is 11.8 Å². The number of carbonyl (C=O) groups is 1. The second kappa shape index (κ2) is 9.14. The van der Waals surface area contributed by atoms with Gasteiger partial charge in [0, 0.05) is 11.9 Å². The smallest absolute Gasteiger partial charge is 0.267 e. The van der Waals surface area contributed by atoms with Gasteiger partial charge in [0.1, 0.15) is 5.82 Å². The Kier molecular flexibility index (Phi) is 6.13. The molecule has 0 fully saturated rings. The Hall–Kier alpha value is -3.45. The van der Waals surface area contributed by atoms with Gasteiger partial charge >= 0.3 is 0 Å². The molecule has 0 radical (unpaired) electrons. The van der Waals surface area contributed by atoms with Gasteiger partial charge in [-0.25, -0.2) is 14.5 Å². The van der Waals surface area contributed by atoms with Crippen LogP contribution in [0.1, 0.15) is 18.1 Å². The lowest BCUT2D eigenvalue weighted by atomic mass is 10.1. The molecule has 2 aromatic heterocycles. The summed E-state index contributed by atoms with van der Waals surface area (Å²) < 4.78 is 1.47. The Morgan fingerprint density at radius 2 is 1.84 bits per heavy atom. The van der Waals surface area contributed by atoms with Crippen molar-refractivity contribution >= 4 is 34.3 Å². The third-order valence-corrected chi connectivity index (χ3v) is 5.81. The van der Waals surface area contributed by atoms with Crippen LogP contribution in [0.2, 0.25) is 0 Å². The monoisotopic (exact) mass is 430 g/mol. The van der Waals surface area contributed by atoms with Gasteiger partial charge in [0.2, 0.25) is 5.91 Å². The summed E-state index contributed by atoms with van der Waals surface area (Å²) in [5.41, 5.74) is 3.26. The molecule has 0 unspecified atom stereocenters. The van der Waals surface area contributed by atoms with E-state index in [-0.39, 0.29) is 17.2 Å². The summed E-state index contributed by atoms with van der Waals surface area (Å²) in [6, 6.07) is 18.6. The molecule has 2 heterocycles. The summed E-state index contributed by atoms with van der Waals surface area (Å²) in [7, 11) is 0. The maximum Gasteiger partial charge on any atom is 0.267 e. The van der Waals surface area contributed by atoms with Crippen LogP contribution in [0.4, 0.5) is 5.69 Å². The van der Waals surface area contributed by atoms with Crippen molar-refractivity contribution in [3.05, 3.63) is 88.3 Å². The summed E-state index contributed by atoms with van der Waals surface area (Å²) in [5.74, 6) is 0.444. The minimum Gasteiger partial charge on any atom is -0.325 e. The van der Waals surface area contributed by atoms with Crippen molar-refractivity contribution in [2.75, 3.05) is 11.1 Å².